The van der Waals surface area contributed by atoms with Gasteiger partial charge >= 0.3 is 5.97 Å². The van der Waals surface area contributed by atoms with E-state index in [-0.39, 0.29) is 17.5 Å². The first-order valence-corrected chi connectivity index (χ1v) is 16.1. The van der Waals surface area contributed by atoms with Crippen LogP contribution < -0.4 is 9.47 Å². The Kier molecular flexibility index (Phi) is 8.89. The lowest BCUT2D eigenvalue weighted by Gasteiger charge is -2.40. The van der Waals surface area contributed by atoms with Gasteiger partial charge in [-0.25, -0.2) is 4.79 Å². The Morgan fingerprint density at radius 3 is 2.43 bits per heavy atom. The molecule has 8 heteroatoms. The van der Waals surface area contributed by atoms with Crippen LogP contribution in [-0.4, -0.2) is 71.2 Å². The Bertz CT molecular complexity index is 1540. The van der Waals surface area contributed by atoms with Crippen LogP contribution in [0.4, 0.5) is 0 Å². The highest BCUT2D eigenvalue weighted by Gasteiger charge is 2.35. The molecule has 1 amide bonds. The second-order valence-corrected chi connectivity index (χ2v) is 12.2. The molecule has 3 heterocycles. The topological polar surface area (TPSA) is 92.2 Å². The molecule has 1 saturated heterocycles. The van der Waals surface area contributed by atoms with Gasteiger partial charge in [0.05, 0.1) is 36.2 Å². The molecular weight excluding hydrogens is 554 g/mol. The molecule has 3 aliphatic rings. The Hall–Kier alpha value is -3.91. The molecule has 1 aliphatic carbocycles. The minimum atomic E-state index is -1.02. The molecule has 6 rings (SSSR count). The summed E-state index contributed by atoms with van der Waals surface area (Å²) in [5.41, 5.74) is 6.82. The first-order valence-electron chi connectivity index (χ1n) is 16.1. The van der Waals surface area contributed by atoms with E-state index < -0.39 is 5.97 Å². The van der Waals surface area contributed by atoms with Crippen LogP contribution in [-0.2, 0) is 19.4 Å². The number of rotatable bonds is 11. The van der Waals surface area contributed by atoms with Crippen LogP contribution in [0.15, 0.2) is 42.5 Å². The average molecular weight is 598 g/mol. The number of aromatic nitrogens is 1. The molecule has 1 aromatic heterocycles. The minimum absolute atomic E-state index is 0.0811. The molecule has 232 valence electrons. The van der Waals surface area contributed by atoms with Gasteiger partial charge in [0.2, 0.25) is 0 Å². The van der Waals surface area contributed by atoms with Crippen molar-refractivity contribution in [2.24, 2.45) is 0 Å². The lowest BCUT2D eigenvalue weighted by molar-refractivity contribution is 0.0543. The maximum atomic E-state index is 13.6. The van der Waals surface area contributed by atoms with Crippen LogP contribution in [0.25, 0.3) is 11.1 Å². The maximum Gasteiger partial charge on any atom is 0.337 e. The fourth-order valence-corrected chi connectivity index (χ4v) is 6.93. The summed E-state index contributed by atoms with van der Waals surface area (Å²) in [6.07, 6.45) is 6.25. The molecule has 1 N–H and O–H groups in total. The summed E-state index contributed by atoms with van der Waals surface area (Å²) in [7, 11) is 1.72. The number of likely N-dealkylation sites (tertiary alicyclic amines) is 1. The van der Waals surface area contributed by atoms with Crippen LogP contribution in [0, 0.1) is 0 Å². The molecule has 0 atom stereocenters. The molecule has 0 radical (unpaired) electrons. The van der Waals surface area contributed by atoms with E-state index in [2.05, 4.69) is 34.1 Å². The second kappa shape index (κ2) is 13.0. The number of aryl methyl sites for hydroxylation is 1. The third kappa shape index (κ3) is 6.05. The summed E-state index contributed by atoms with van der Waals surface area (Å²) in [6, 6.07) is 14.5. The van der Waals surface area contributed by atoms with Gasteiger partial charge in [-0.2, -0.15) is 0 Å². The number of pyridine rings is 1. The van der Waals surface area contributed by atoms with Crippen molar-refractivity contribution in [1.29, 1.82) is 0 Å². The smallest absolute Gasteiger partial charge is 0.337 e. The Balaban J connectivity index is 1.18. The van der Waals surface area contributed by atoms with Crippen molar-refractivity contribution in [1.82, 2.24) is 14.8 Å². The van der Waals surface area contributed by atoms with Gasteiger partial charge in [-0.1, -0.05) is 31.5 Å². The number of carbonyl (C=O) groups is 2. The number of fused-ring (bicyclic) bond motifs is 1. The zero-order valence-corrected chi connectivity index (χ0v) is 26.1. The fraction of sp³-hybridized carbons (Fsp3) is 0.472. The molecule has 0 spiro atoms. The van der Waals surface area contributed by atoms with E-state index in [1.807, 2.05) is 30.9 Å². The first kappa shape index (κ1) is 30.1. The molecule has 8 nitrogen and oxygen atoms in total. The fourth-order valence-electron chi connectivity index (χ4n) is 6.93. The second-order valence-electron chi connectivity index (χ2n) is 12.2. The van der Waals surface area contributed by atoms with Gasteiger partial charge in [-0.3, -0.25) is 14.7 Å². The van der Waals surface area contributed by atoms with Gasteiger partial charge in [0.1, 0.15) is 11.5 Å². The monoisotopic (exact) mass is 597 g/mol. The molecule has 44 heavy (non-hydrogen) atoms. The lowest BCUT2D eigenvalue weighted by Crippen LogP contribution is -2.50. The molecule has 2 aliphatic heterocycles. The number of carbonyl (C=O) groups excluding carboxylic acids is 1. The van der Waals surface area contributed by atoms with Crippen molar-refractivity contribution in [3.8, 4) is 22.6 Å². The summed E-state index contributed by atoms with van der Waals surface area (Å²) >= 11 is 0. The molecule has 0 bridgehead atoms. The number of nitrogens with zero attached hydrogens (tertiary/aromatic N) is 3. The van der Waals surface area contributed by atoms with E-state index >= 15 is 0 Å². The van der Waals surface area contributed by atoms with Crippen molar-refractivity contribution in [3.05, 3.63) is 76.1 Å². The number of benzene rings is 2. The average Bonchev–Trinajstić information content (AvgIpc) is 3.88. The highest BCUT2D eigenvalue weighted by Crippen LogP contribution is 2.48. The zero-order valence-electron chi connectivity index (χ0n) is 26.1. The molecule has 2 fully saturated rings. The highest BCUT2D eigenvalue weighted by molar-refractivity contribution is 5.99. The summed E-state index contributed by atoms with van der Waals surface area (Å²) in [6.45, 7) is 7.83. The quantitative estimate of drug-likeness (QED) is 0.276. The van der Waals surface area contributed by atoms with E-state index in [0.29, 0.717) is 43.2 Å². The normalized spacial score (nSPS) is 17.4. The molecule has 2 aromatic carbocycles. The predicted octanol–water partition coefficient (Wildman–Crippen LogP) is 6.35. The summed E-state index contributed by atoms with van der Waals surface area (Å²) in [4.78, 5) is 34.6. The van der Waals surface area contributed by atoms with Crippen molar-refractivity contribution in [2.75, 3.05) is 33.4 Å². The molecule has 0 unspecified atom stereocenters. The van der Waals surface area contributed by atoms with E-state index in [9.17, 15) is 14.7 Å². The number of hydrogen-bond acceptors (Lipinski definition) is 6. The first-order chi connectivity index (χ1) is 21.4. The van der Waals surface area contributed by atoms with Crippen LogP contribution in [0.2, 0.25) is 0 Å². The Morgan fingerprint density at radius 1 is 0.977 bits per heavy atom. The highest BCUT2D eigenvalue weighted by atomic mass is 16.5. The van der Waals surface area contributed by atoms with Crippen LogP contribution in [0.5, 0.6) is 11.5 Å². The largest absolute Gasteiger partial charge is 0.496 e. The standard InChI is InChI=1S/C36H43N3O5/c1-4-8-31-30(36(41)42)20-29-32(37-31)15-18-39(35(29)40)25-13-16-38(17-14-25)22-24-19-27(23-11-12-23)28(21-34(24)44-5-2)26-9-6-7-10-33(26)43-3/h6-7,9-10,19-21,23,25H,4-5,8,11-18,22H2,1-3H3,(H,41,42). The van der Waals surface area contributed by atoms with Gasteiger partial charge in [0.25, 0.3) is 5.91 Å². The van der Waals surface area contributed by atoms with Crippen molar-refractivity contribution in [3.63, 3.8) is 0 Å². The van der Waals surface area contributed by atoms with Gasteiger partial charge < -0.3 is 19.5 Å². The number of amides is 1. The number of para-hydroxylation sites is 1. The van der Waals surface area contributed by atoms with Crippen molar-refractivity contribution in [2.45, 2.75) is 77.3 Å². The number of methoxy groups -OCH3 is 1. The van der Waals surface area contributed by atoms with Crippen molar-refractivity contribution < 1.29 is 24.2 Å². The van der Waals surface area contributed by atoms with E-state index in [1.54, 1.807) is 13.2 Å². The van der Waals surface area contributed by atoms with E-state index in [4.69, 9.17) is 9.47 Å². The van der Waals surface area contributed by atoms with Crippen LogP contribution >= 0.6 is 0 Å². The number of piperidine rings is 1. The van der Waals surface area contributed by atoms with E-state index in [0.717, 1.165) is 61.7 Å². The van der Waals surface area contributed by atoms with Crippen LogP contribution in [0.3, 0.4) is 0 Å². The number of carboxylic acid groups (broad SMARTS) is 1. The molecule has 3 aromatic rings. The van der Waals surface area contributed by atoms with Gasteiger partial charge in [0, 0.05) is 49.8 Å². The summed E-state index contributed by atoms with van der Waals surface area (Å²) in [5, 5.41) is 9.76. The number of ether oxygens (including phenoxy) is 2. The SMILES string of the molecule is CCCc1nc2c(cc1C(=O)O)C(=O)N(C1CCN(Cc3cc(C4CC4)c(-c4ccccc4OC)cc3OCC)CC1)CC2. The van der Waals surface area contributed by atoms with Gasteiger partial charge in [-0.15, -0.1) is 0 Å². The third-order valence-electron chi connectivity index (χ3n) is 9.32. The number of aromatic carboxylic acids is 1. The summed E-state index contributed by atoms with van der Waals surface area (Å²) in [5.74, 6) is 1.26. The number of hydrogen-bond donors (Lipinski definition) is 1. The number of carboxylic acids is 1. The lowest BCUT2D eigenvalue weighted by atomic mass is 9.92. The van der Waals surface area contributed by atoms with Gasteiger partial charge in [-0.05, 0) is 80.3 Å². The molecule has 1 saturated carbocycles. The van der Waals surface area contributed by atoms with Crippen molar-refractivity contribution >= 4 is 11.9 Å². The zero-order chi connectivity index (χ0) is 30.8. The summed E-state index contributed by atoms with van der Waals surface area (Å²) < 4.78 is 11.9. The van der Waals surface area contributed by atoms with Crippen LogP contribution in [0.1, 0.15) is 95.1 Å². The molecular formula is C36H43N3O5. The van der Waals surface area contributed by atoms with E-state index in [1.165, 1.54) is 29.5 Å². The minimum Gasteiger partial charge on any atom is -0.496 e. The van der Waals surface area contributed by atoms with Gasteiger partial charge in [0.15, 0.2) is 0 Å². The Labute approximate surface area is 260 Å². The predicted molar refractivity (Wildman–Crippen MR) is 170 cm³/mol. The Morgan fingerprint density at radius 2 is 1.75 bits per heavy atom. The maximum absolute atomic E-state index is 13.6. The third-order valence-corrected chi connectivity index (χ3v) is 9.32.